The maximum Gasteiger partial charge on any atom is 0.308 e. The van der Waals surface area contributed by atoms with Crippen molar-refractivity contribution in [3.8, 4) is 5.88 Å². The minimum atomic E-state index is -0.365. The highest BCUT2D eigenvalue weighted by Crippen LogP contribution is 2.26. The van der Waals surface area contributed by atoms with E-state index < -0.39 is 0 Å². The molecule has 7 nitrogen and oxygen atoms in total. The van der Waals surface area contributed by atoms with Gasteiger partial charge < -0.3 is 9.47 Å². The van der Waals surface area contributed by atoms with E-state index in [4.69, 9.17) is 9.47 Å². The minimum Gasteiger partial charge on any atom is -0.481 e. The fraction of sp³-hybridized carbons (Fsp3) is 0.273. The zero-order valence-corrected chi connectivity index (χ0v) is 16.7. The highest BCUT2D eigenvalue weighted by Gasteiger charge is 2.21. The lowest BCUT2D eigenvalue weighted by molar-refractivity contribution is -0.143. The molecule has 7 heteroatoms. The smallest absolute Gasteiger partial charge is 0.308 e. The molecule has 0 fully saturated rings. The number of carbonyl (C=O) groups is 2. The number of methoxy groups -OCH3 is 1. The first-order valence-electron chi connectivity index (χ1n) is 9.33. The van der Waals surface area contributed by atoms with Gasteiger partial charge in [-0.2, -0.15) is 5.10 Å². The number of ether oxygens (including phenoxy) is 2. The molecular formula is C22H23N3O4. The standard InChI is InChI=1S/C22H23N3O4/c1-4-29-22(27)12-20(17-9-10-21(28-3)23-13-17)25-14-18-8-7-16(6-5-15(2)26)11-19(18)24-25/h5-11,13-14,20H,4,12H2,1-3H3/b6-5+/t20-/m0/s1. The SMILES string of the molecule is CCOC(=O)C[C@@H](c1ccc(OC)nc1)n1cc2ccc(/C=C/C(C)=O)cc2n1. The molecule has 0 radical (unpaired) electrons. The molecule has 0 aliphatic carbocycles. The molecule has 0 aliphatic rings. The van der Waals surface area contributed by atoms with E-state index in [1.807, 2.05) is 30.5 Å². The van der Waals surface area contributed by atoms with E-state index in [0.29, 0.717) is 12.5 Å². The highest BCUT2D eigenvalue weighted by atomic mass is 16.5. The number of rotatable bonds is 8. The van der Waals surface area contributed by atoms with Crippen LogP contribution in [-0.4, -0.2) is 40.2 Å². The predicted molar refractivity (Wildman–Crippen MR) is 110 cm³/mol. The molecule has 0 aliphatic heterocycles. The van der Waals surface area contributed by atoms with Crippen LogP contribution in [0.3, 0.4) is 0 Å². The molecule has 0 unspecified atom stereocenters. The first kappa shape index (κ1) is 20.3. The number of benzene rings is 1. The zero-order valence-electron chi connectivity index (χ0n) is 16.7. The van der Waals surface area contributed by atoms with Crippen LogP contribution in [0.15, 0.2) is 48.8 Å². The Bertz CT molecular complexity index is 1040. The normalized spacial score (nSPS) is 12.2. The predicted octanol–water partition coefficient (Wildman–Crippen LogP) is 3.58. The largest absolute Gasteiger partial charge is 0.481 e. The summed E-state index contributed by atoms with van der Waals surface area (Å²) in [5, 5.41) is 5.59. The molecule has 2 aromatic heterocycles. The molecule has 1 aromatic carbocycles. The Morgan fingerprint density at radius 2 is 2.07 bits per heavy atom. The molecule has 0 N–H and O–H groups in total. The van der Waals surface area contributed by atoms with Gasteiger partial charge in [0.05, 0.1) is 31.7 Å². The van der Waals surface area contributed by atoms with E-state index in [9.17, 15) is 9.59 Å². The summed E-state index contributed by atoms with van der Waals surface area (Å²) in [6.07, 6.45) is 6.97. The van der Waals surface area contributed by atoms with Crippen LogP contribution in [-0.2, 0) is 14.3 Å². The summed E-state index contributed by atoms with van der Waals surface area (Å²) in [6, 6.07) is 9.01. The zero-order chi connectivity index (χ0) is 20.8. The van der Waals surface area contributed by atoms with Gasteiger partial charge in [-0.15, -0.1) is 0 Å². The van der Waals surface area contributed by atoms with Crippen molar-refractivity contribution in [1.82, 2.24) is 14.8 Å². The van der Waals surface area contributed by atoms with Crippen LogP contribution in [0.5, 0.6) is 5.88 Å². The van der Waals surface area contributed by atoms with Gasteiger partial charge in [-0.3, -0.25) is 14.3 Å². The Hall–Kier alpha value is -3.48. The average Bonchev–Trinajstić information content (AvgIpc) is 3.14. The first-order chi connectivity index (χ1) is 14.0. The number of esters is 1. The second kappa shape index (κ2) is 9.14. The molecular weight excluding hydrogens is 370 g/mol. The second-order valence-electron chi connectivity index (χ2n) is 6.53. The van der Waals surface area contributed by atoms with Crippen molar-refractivity contribution >= 4 is 28.7 Å². The fourth-order valence-corrected chi connectivity index (χ4v) is 2.98. The van der Waals surface area contributed by atoms with Crippen LogP contribution in [0.1, 0.15) is 37.4 Å². The van der Waals surface area contributed by atoms with Gasteiger partial charge in [0, 0.05) is 23.8 Å². The van der Waals surface area contributed by atoms with Gasteiger partial charge in [0.25, 0.3) is 0 Å². The van der Waals surface area contributed by atoms with E-state index >= 15 is 0 Å². The van der Waals surface area contributed by atoms with Crippen molar-refractivity contribution in [2.75, 3.05) is 13.7 Å². The third-order valence-corrected chi connectivity index (χ3v) is 4.40. The number of fused-ring (bicyclic) bond motifs is 1. The van der Waals surface area contributed by atoms with Gasteiger partial charge in [0.15, 0.2) is 5.78 Å². The molecule has 0 spiro atoms. The topological polar surface area (TPSA) is 83.3 Å². The highest BCUT2D eigenvalue weighted by molar-refractivity contribution is 5.92. The summed E-state index contributed by atoms with van der Waals surface area (Å²) in [5.74, 6) is 0.172. The fourth-order valence-electron chi connectivity index (χ4n) is 2.98. The molecule has 3 aromatic rings. The number of hydrogen-bond acceptors (Lipinski definition) is 6. The number of ketones is 1. The van der Waals surface area contributed by atoms with Gasteiger partial charge in [-0.1, -0.05) is 18.2 Å². The van der Waals surface area contributed by atoms with Crippen molar-refractivity contribution < 1.29 is 19.1 Å². The summed E-state index contributed by atoms with van der Waals surface area (Å²) in [4.78, 5) is 27.6. The first-order valence-corrected chi connectivity index (χ1v) is 9.33. The van der Waals surface area contributed by atoms with Crippen molar-refractivity contribution in [3.63, 3.8) is 0 Å². The quantitative estimate of drug-likeness (QED) is 0.430. The Balaban J connectivity index is 1.98. The number of aromatic nitrogens is 3. The Kier molecular flexibility index (Phi) is 6.39. The maximum atomic E-state index is 12.2. The Labute approximate surface area is 169 Å². The van der Waals surface area contributed by atoms with Crippen molar-refractivity contribution in [2.24, 2.45) is 0 Å². The number of allylic oxidation sites excluding steroid dienone is 1. The van der Waals surface area contributed by atoms with Crippen LogP contribution >= 0.6 is 0 Å². The van der Waals surface area contributed by atoms with Crippen molar-refractivity contribution in [3.05, 3.63) is 59.9 Å². The van der Waals surface area contributed by atoms with E-state index in [-0.39, 0.29) is 24.2 Å². The Morgan fingerprint density at radius 3 is 2.72 bits per heavy atom. The van der Waals surface area contributed by atoms with E-state index in [1.165, 1.54) is 13.0 Å². The van der Waals surface area contributed by atoms with E-state index in [1.54, 1.807) is 37.1 Å². The van der Waals surface area contributed by atoms with E-state index in [0.717, 1.165) is 22.0 Å². The van der Waals surface area contributed by atoms with Crippen LogP contribution in [0.25, 0.3) is 17.0 Å². The van der Waals surface area contributed by atoms with Crippen LogP contribution in [0, 0.1) is 0 Å². The molecule has 1 atom stereocenters. The summed E-state index contributed by atoms with van der Waals surface area (Å²) in [7, 11) is 1.55. The molecule has 3 rings (SSSR count). The van der Waals surface area contributed by atoms with Crippen molar-refractivity contribution in [1.29, 1.82) is 0 Å². The summed E-state index contributed by atoms with van der Waals surface area (Å²) >= 11 is 0. The summed E-state index contributed by atoms with van der Waals surface area (Å²) in [5.41, 5.74) is 2.47. The molecule has 150 valence electrons. The van der Waals surface area contributed by atoms with Gasteiger partial charge in [-0.05, 0) is 43.2 Å². The lowest BCUT2D eigenvalue weighted by atomic mass is 10.1. The molecule has 2 heterocycles. The minimum absolute atomic E-state index is 0.0165. The molecule has 0 bridgehead atoms. The number of pyridine rings is 1. The molecule has 0 amide bonds. The van der Waals surface area contributed by atoms with Gasteiger partial charge in [0.2, 0.25) is 5.88 Å². The van der Waals surface area contributed by atoms with Gasteiger partial charge >= 0.3 is 5.97 Å². The van der Waals surface area contributed by atoms with E-state index in [2.05, 4.69) is 10.1 Å². The monoisotopic (exact) mass is 393 g/mol. The number of carbonyl (C=O) groups excluding carboxylic acids is 2. The summed E-state index contributed by atoms with van der Waals surface area (Å²) in [6.45, 7) is 3.60. The lowest BCUT2D eigenvalue weighted by Gasteiger charge is -2.17. The van der Waals surface area contributed by atoms with Gasteiger partial charge in [-0.25, -0.2) is 4.98 Å². The van der Waals surface area contributed by atoms with Crippen LogP contribution < -0.4 is 4.74 Å². The number of nitrogens with zero attached hydrogens (tertiary/aromatic N) is 3. The third kappa shape index (κ3) is 5.07. The Morgan fingerprint density at radius 1 is 1.24 bits per heavy atom. The van der Waals surface area contributed by atoms with Crippen molar-refractivity contribution in [2.45, 2.75) is 26.3 Å². The average molecular weight is 393 g/mol. The molecule has 0 saturated heterocycles. The molecule has 0 saturated carbocycles. The summed E-state index contributed by atoms with van der Waals surface area (Å²) < 4.78 is 12.0. The lowest BCUT2D eigenvalue weighted by Crippen LogP contribution is -2.18. The molecule has 29 heavy (non-hydrogen) atoms. The van der Waals surface area contributed by atoms with Crippen LogP contribution in [0.2, 0.25) is 0 Å². The van der Waals surface area contributed by atoms with Gasteiger partial charge in [0.1, 0.15) is 0 Å². The van der Waals surface area contributed by atoms with Crippen LogP contribution in [0.4, 0.5) is 0 Å². The second-order valence-corrected chi connectivity index (χ2v) is 6.53. The maximum absolute atomic E-state index is 12.2. The third-order valence-electron chi connectivity index (χ3n) is 4.40. The number of hydrogen-bond donors (Lipinski definition) is 0.